The van der Waals surface area contributed by atoms with E-state index in [1.165, 1.54) is 0 Å². The van der Waals surface area contributed by atoms with Crippen LogP contribution in [-0.4, -0.2) is 24.0 Å². The Balaban J connectivity index is 2.21. The molecule has 0 aromatic heterocycles. The Bertz CT molecular complexity index is 921. The largest absolute Gasteiger partial charge is 0.491 e. The van der Waals surface area contributed by atoms with E-state index in [1.807, 2.05) is 58.9 Å². The van der Waals surface area contributed by atoms with Gasteiger partial charge in [0.2, 0.25) is 0 Å². The van der Waals surface area contributed by atoms with Crippen molar-refractivity contribution in [3.63, 3.8) is 0 Å². The molecule has 1 aliphatic carbocycles. The number of carbonyl (C=O) groups is 2. The highest BCUT2D eigenvalue weighted by Gasteiger charge is 2.44. The van der Waals surface area contributed by atoms with Crippen molar-refractivity contribution in [2.45, 2.75) is 79.4 Å². The minimum Gasteiger partial charge on any atom is -0.491 e. The van der Waals surface area contributed by atoms with Crippen molar-refractivity contribution in [1.82, 2.24) is 5.32 Å². The van der Waals surface area contributed by atoms with E-state index >= 15 is 0 Å². The van der Waals surface area contributed by atoms with Crippen LogP contribution in [-0.2, 0) is 14.3 Å². The maximum Gasteiger partial charge on any atom is 0.337 e. The van der Waals surface area contributed by atoms with Gasteiger partial charge in [0.25, 0.3) is 0 Å². The lowest BCUT2D eigenvalue weighted by molar-refractivity contribution is -0.143. The number of Topliss-reactive ketones (excluding diaryl/α,β-unsaturated/α-hetero) is 1. The first-order valence-corrected chi connectivity index (χ1v) is 10.7. The minimum absolute atomic E-state index is 0.0292. The Morgan fingerprint density at radius 1 is 1.10 bits per heavy atom. The predicted octanol–water partition coefficient (Wildman–Crippen LogP) is 5.03. The molecule has 30 heavy (non-hydrogen) atoms. The van der Waals surface area contributed by atoms with Gasteiger partial charge in [-0.05, 0) is 52.5 Å². The number of rotatable bonds is 5. The molecule has 5 heteroatoms. The molecule has 162 valence electrons. The Morgan fingerprint density at radius 3 is 2.40 bits per heavy atom. The SMILES string of the molecule is CC1=C(C(=O)OC(C)C)[C@@H](c2ccccc2OC(C)C)C2=C(CC(C)(C)CC2=O)N1. The second-order valence-corrected chi connectivity index (χ2v) is 9.59. The van der Waals surface area contributed by atoms with Crippen LogP contribution in [0.15, 0.2) is 46.8 Å². The molecule has 0 unspecified atom stereocenters. The Morgan fingerprint density at radius 2 is 1.77 bits per heavy atom. The number of ketones is 1. The second kappa shape index (κ2) is 8.29. The fourth-order valence-corrected chi connectivity index (χ4v) is 4.38. The number of ether oxygens (including phenoxy) is 2. The van der Waals surface area contributed by atoms with Gasteiger partial charge in [-0.3, -0.25) is 4.79 Å². The summed E-state index contributed by atoms with van der Waals surface area (Å²) in [6.45, 7) is 13.7. The van der Waals surface area contributed by atoms with E-state index in [0.717, 1.165) is 23.4 Å². The molecule has 1 heterocycles. The van der Waals surface area contributed by atoms with Gasteiger partial charge in [0.05, 0.1) is 23.7 Å². The lowest BCUT2D eigenvalue weighted by atomic mass is 9.68. The number of allylic oxidation sites excluding steroid dienone is 3. The number of hydrogen-bond donors (Lipinski definition) is 1. The maximum absolute atomic E-state index is 13.3. The van der Waals surface area contributed by atoms with Gasteiger partial charge in [0.15, 0.2) is 5.78 Å². The van der Waals surface area contributed by atoms with Gasteiger partial charge in [-0.25, -0.2) is 4.79 Å². The van der Waals surface area contributed by atoms with Crippen LogP contribution >= 0.6 is 0 Å². The second-order valence-electron chi connectivity index (χ2n) is 9.59. The highest BCUT2D eigenvalue weighted by atomic mass is 16.5. The number of benzene rings is 1. The molecule has 5 nitrogen and oxygen atoms in total. The van der Waals surface area contributed by atoms with Crippen LogP contribution in [0.25, 0.3) is 0 Å². The quantitative estimate of drug-likeness (QED) is 0.689. The summed E-state index contributed by atoms with van der Waals surface area (Å²) in [5.74, 6) is -0.151. The van der Waals surface area contributed by atoms with Crippen LogP contribution in [0, 0.1) is 5.41 Å². The van der Waals surface area contributed by atoms with Crippen molar-refractivity contribution in [2.24, 2.45) is 5.41 Å². The zero-order valence-corrected chi connectivity index (χ0v) is 19.1. The third-order valence-electron chi connectivity index (χ3n) is 5.40. The van der Waals surface area contributed by atoms with Crippen LogP contribution in [0.2, 0.25) is 0 Å². The molecule has 0 saturated carbocycles. The molecule has 0 amide bonds. The van der Waals surface area contributed by atoms with Crippen molar-refractivity contribution in [3.05, 3.63) is 52.4 Å². The minimum atomic E-state index is -0.508. The monoisotopic (exact) mass is 411 g/mol. The average molecular weight is 412 g/mol. The first-order valence-electron chi connectivity index (χ1n) is 10.7. The van der Waals surface area contributed by atoms with E-state index < -0.39 is 11.9 Å². The number of carbonyl (C=O) groups excluding carboxylic acids is 2. The van der Waals surface area contributed by atoms with E-state index in [4.69, 9.17) is 9.47 Å². The summed E-state index contributed by atoms with van der Waals surface area (Å²) in [4.78, 5) is 26.5. The van der Waals surface area contributed by atoms with E-state index in [-0.39, 0.29) is 23.4 Å². The number of hydrogen-bond acceptors (Lipinski definition) is 5. The van der Waals surface area contributed by atoms with E-state index in [9.17, 15) is 9.59 Å². The summed E-state index contributed by atoms with van der Waals surface area (Å²) in [6, 6.07) is 7.67. The number of para-hydroxylation sites is 1. The van der Waals surface area contributed by atoms with Crippen LogP contribution in [0.4, 0.5) is 0 Å². The van der Waals surface area contributed by atoms with Crippen molar-refractivity contribution >= 4 is 11.8 Å². The molecule has 1 N–H and O–H groups in total. The predicted molar refractivity (Wildman–Crippen MR) is 117 cm³/mol. The van der Waals surface area contributed by atoms with E-state index in [1.54, 1.807) is 0 Å². The summed E-state index contributed by atoms with van der Waals surface area (Å²) in [6.07, 6.45) is 0.917. The molecule has 1 atom stereocenters. The summed E-state index contributed by atoms with van der Waals surface area (Å²) < 4.78 is 11.6. The molecule has 1 aromatic rings. The Hall–Kier alpha value is -2.56. The normalized spacial score (nSPS) is 21.0. The zero-order chi connectivity index (χ0) is 22.2. The van der Waals surface area contributed by atoms with Crippen molar-refractivity contribution in [3.8, 4) is 5.75 Å². The molecule has 1 aliphatic heterocycles. The topological polar surface area (TPSA) is 64.6 Å². The fraction of sp³-hybridized carbons (Fsp3) is 0.520. The van der Waals surface area contributed by atoms with Crippen LogP contribution in [0.1, 0.15) is 72.8 Å². The lowest BCUT2D eigenvalue weighted by Crippen LogP contribution is -2.39. The number of nitrogens with one attached hydrogen (secondary N) is 1. The molecular formula is C25H33NO4. The summed E-state index contributed by atoms with van der Waals surface area (Å²) in [7, 11) is 0. The van der Waals surface area contributed by atoms with Gasteiger partial charge in [-0.15, -0.1) is 0 Å². The third-order valence-corrected chi connectivity index (χ3v) is 5.40. The molecule has 0 fully saturated rings. The molecule has 2 aliphatic rings. The Labute approximate surface area is 179 Å². The fourth-order valence-electron chi connectivity index (χ4n) is 4.38. The maximum atomic E-state index is 13.3. The molecule has 0 bridgehead atoms. The van der Waals surface area contributed by atoms with Gasteiger partial charge in [-0.1, -0.05) is 32.0 Å². The first kappa shape index (κ1) is 22.1. The van der Waals surface area contributed by atoms with Crippen LogP contribution < -0.4 is 10.1 Å². The van der Waals surface area contributed by atoms with Gasteiger partial charge < -0.3 is 14.8 Å². The summed E-state index contributed by atoms with van der Waals surface area (Å²) >= 11 is 0. The molecule has 0 radical (unpaired) electrons. The van der Waals surface area contributed by atoms with Gasteiger partial charge in [0.1, 0.15) is 5.75 Å². The van der Waals surface area contributed by atoms with E-state index in [2.05, 4.69) is 19.2 Å². The number of esters is 1. The van der Waals surface area contributed by atoms with Crippen molar-refractivity contribution in [1.29, 1.82) is 0 Å². The standard InChI is InChI=1S/C25H33NO4/c1-14(2)29-20-11-9-8-10-17(20)22-21(24(28)30-15(3)4)16(5)26-18-12-25(6,7)13-19(27)23(18)22/h8-11,14-15,22,26H,12-13H2,1-7H3/t22-/m1/s1. The molecule has 0 saturated heterocycles. The molecular weight excluding hydrogens is 378 g/mol. The summed E-state index contributed by atoms with van der Waals surface area (Å²) in [5, 5.41) is 3.37. The highest BCUT2D eigenvalue weighted by molar-refractivity contribution is 6.04. The molecule has 0 spiro atoms. The van der Waals surface area contributed by atoms with Crippen molar-refractivity contribution < 1.29 is 19.1 Å². The summed E-state index contributed by atoms with van der Waals surface area (Å²) in [5.41, 5.74) is 3.47. The van der Waals surface area contributed by atoms with Gasteiger partial charge in [0, 0.05) is 29.0 Å². The van der Waals surface area contributed by atoms with Crippen molar-refractivity contribution in [2.75, 3.05) is 0 Å². The smallest absolute Gasteiger partial charge is 0.337 e. The first-order chi connectivity index (χ1) is 14.0. The van der Waals surface area contributed by atoms with Gasteiger partial charge in [-0.2, -0.15) is 0 Å². The lowest BCUT2D eigenvalue weighted by Gasteiger charge is -2.39. The zero-order valence-electron chi connectivity index (χ0n) is 19.1. The number of dihydropyridines is 1. The third kappa shape index (κ3) is 4.45. The van der Waals surface area contributed by atoms with Crippen LogP contribution in [0.5, 0.6) is 5.75 Å². The van der Waals surface area contributed by atoms with Gasteiger partial charge >= 0.3 is 5.97 Å². The Kier molecular flexibility index (Phi) is 6.11. The highest BCUT2D eigenvalue weighted by Crippen LogP contribution is 2.48. The molecule has 3 rings (SSSR count). The molecule has 1 aromatic carbocycles. The average Bonchev–Trinajstić information content (AvgIpc) is 2.58. The van der Waals surface area contributed by atoms with Crippen LogP contribution in [0.3, 0.4) is 0 Å². The van der Waals surface area contributed by atoms with E-state index in [0.29, 0.717) is 23.3 Å².